The molecule has 1 aliphatic rings. The number of hydrogen-bond acceptors (Lipinski definition) is 5. The monoisotopic (exact) mass is 342 g/mol. The van der Waals surface area contributed by atoms with Crippen LogP contribution >= 0.6 is 0 Å². The Morgan fingerprint density at radius 1 is 1.12 bits per heavy atom. The van der Waals surface area contributed by atoms with Crippen molar-refractivity contribution in [3.05, 3.63) is 64.1 Å². The van der Waals surface area contributed by atoms with E-state index in [9.17, 15) is 9.59 Å². The Morgan fingerprint density at radius 3 is 2.64 bits per heavy atom. The molecule has 2 heterocycles. The van der Waals surface area contributed by atoms with Crippen molar-refractivity contribution in [1.82, 2.24) is 20.0 Å². The van der Waals surface area contributed by atoms with Crippen molar-refractivity contribution in [3.63, 3.8) is 0 Å². The molecule has 7 nitrogen and oxygen atoms in total. The first kappa shape index (κ1) is 17.3. The average Bonchev–Trinajstić information content (AvgIpc) is 2.65. The predicted molar refractivity (Wildman–Crippen MR) is 93.6 cm³/mol. The molecule has 1 N–H and O–H groups in total. The third-order valence-electron chi connectivity index (χ3n) is 4.09. The van der Waals surface area contributed by atoms with Gasteiger partial charge in [0, 0.05) is 32.2 Å². The van der Waals surface area contributed by atoms with Crippen molar-refractivity contribution >= 4 is 5.91 Å². The highest BCUT2D eigenvalue weighted by molar-refractivity contribution is 5.91. The lowest BCUT2D eigenvalue weighted by molar-refractivity contribution is 0.0383. The molecule has 1 fully saturated rings. The third kappa shape index (κ3) is 4.98. The van der Waals surface area contributed by atoms with Crippen LogP contribution in [0.15, 0.2) is 47.3 Å². The highest BCUT2D eigenvalue weighted by Crippen LogP contribution is 2.00. The van der Waals surface area contributed by atoms with Crippen LogP contribution in [0.5, 0.6) is 0 Å². The topological polar surface area (TPSA) is 76.5 Å². The van der Waals surface area contributed by atoms with E-state index in [1.54, 1.807) is 0 Å². The Kier molecular flexibility index (Phi) is 5.92. The number of carbonyl (C=O) groups excluding carboxylic acids is 1. The largest absolute Gasteiger partial charge is 0.379 e. The van der Waals surface area contributed by atoms with E-state index < -0.39 is 0 Å². The first-order valence-electron chi connectivity index (χ1n) is 8.43. The maximum absolute atomic E-state index is 12.3. The number of morpholine rings is 1. The molecule has 1 aromatic heterocycles. The maximum atomic E-state index is 12.3. The Labute approximate surface area is 146 Å². The Hall–Kier alpha value is -2.51. The van der Waals surface area contributed by atoms with Gasteiger partial charge in [-0.2, -0.15) is 5.10 Å². The van der Waals surface area contributed by atoms with Gasteiger partial charge in [0.2, 0.25) is 0 Å². The number of hydrogen-bond donors (Lipinski definition) is 1. The van der Waals surface area contributed by atoms with Crippen LogP contribution < -0.4 is 10.9 Å². The molecule has 1 aliphatic heterocycles. The SMILES string of the molecule is O=C(NCCN1CCOCC1)c1ccc(=O)n(Cc2ccccc2)n1. The second-order valence-electron chi connectivity index (χ2n) is 5.91. The van der Waals surface area contributed by atoms with Crippen molar-refractivity contribution in [1.29, 1.82) is 0 Å². The van der Waals surface area contributed by atoms with Crippen LogP contribution in [-0.2, 0) is 11.3 Å². The van der Waals surface area contributed by atoms with Gasteiger partial charge in [0.05, 0.1) is 19.8 Å². The zero-order valence-corrected chi connectivity index (χ0v) is 14.1. The summed E-state index contributed by atoms with van der Waals surface area (Å²) in [7, 11) is 0. The summed E-state index contributed by atoms with van der Waals surface area (Å²) < 4.78 is 6.61. The summed E-state index contributed by atoms with van der Waals surface area (Å²) in [5.41, 5.74) is 0.980. The van der Waals surface area contributed by atoms with Gasteiger partial charge in [-0.1, -0.05) is 30.3 Å². The fourth-order valence-electron chi connectivity index (χ4n) is 2.68. The molecule has 0 saturated carbocycles. The van der Waals surface area contributed by atoms with E-state index in [4.69, 9.17) is 4.74 Å². The smallest absolute Gasteiger partial charge is 0.271 e. The fourth-order valence-corrected chi connectivity index (χ4v) is 2.68. The molecule has 0 unspecified atom stereocenters. The van der Waals surface area contributed by atoms with E-state index in [2.05, 4.69) is 15.3 Å². The number of nitrogens with one attached hydrogen (secondary N) is 1. The molecular weight excluding hydrogens is 320 g/mol. The Balaban J connectivity index is 1.58. The summed E-state index contributed by atoms with van der Waals surface area (Å²) in [6.45, 7) is 4.90. The summed E-state index contributed by atoms with van der Waals surface area (Å²) in [5, 5.41) is 7.05. The highest BCUT2D eigenvalue weighted by Gasteiger charge is 2.12. The van der Waals surface area contributed by atoms with Gasteiger partial charge >= 0.3 is 0 Å². The maximum Gasteiger partial charge on any atom is 0.271 e. The van der Waals surface area contributed by atoms with E-state index in [0.29, 0.717) is 13.1 Å². The molecule has 1 aromatic carbocycles. The third-order valence-corrected chi connectivity index (χ3v) is 4.09. The van der Waals surface area contributed by atoms with Crippen molar-refractivity contribution in [2.75, 3.05) is 39.4 Å². The van der Waals surface area contributed by atoms with Gasteiger partial charge in [0.25, 0.3) is 11.5 Å². The Bertz CT molecular complexity index is 754. The number of rotatable bonds is 6. The summed E-state index contributed by atoms with van der Waals surface area (Å²) >= 11 is 0. The van der Waals surface area contributed by atoms with Crippen LogP contribution in [0, 0.1) is 0 Å². The zero-order chi connectivity index (χ0) is 17.5. The quantitative estimate of drug-likeness (QED) is 0.820. The van der Waals surface area contributed by atoms with Gasteiger partial charge in [-0.15, -0.1) is 0 Å². The summed E-state index contributed by atoms with van der Waals surface area (Å²) in [6, 6.07) is 12.4. The first-order chi connectivity index (χ1) is 12.2. The van der Waals surface area contributed by atoms with E-state index in [1.165, 1.54) is 16.8 Å². The second-order valence-corrected chi connectivity index (χ2v) is 5.91. The van der Waals surface area contributed by atoms with Gasteiger partial charge in [-0.05, 0) is 11.6 Å². The number of aromatic nitrogens is 2. The summed E-state index contributed by atoms with van der Waals surface area (Å²) in [5.74, 6) is -0.268. The van der Waals surface area contributed by atoms with Crippen LogP contribution in [0.3, 0.4) is 0 Å². The molecule has 0 aliphatic carbocycles. The van der Waals surface area contributed by atoms with Gasteiger partial charge in [0.15, 0.2) is 0 Å². The molecule has 0 radical (unpaired) electrons. The molecular formula is C18H22N4O3. The van der Waals surface area contributed by atoms with Crippen molar-refractivity contribution < 1.29 is 9.53 Å². The average molecular weight is 342 g/mol. The van der Waals surface area contributed by atoms with E-state index in [0.717, 1.165) is 38.4 Å². The zero-order valence-electron chi connectivity index (χ0n) is 14.1. The van der Waals surface area contributed by atoms with Crippen LogP contribution in [0.25, 0.3) is 0 Å². The molecule has 0 bridgehead atoms. The summed E-state index contributed by atoms with van der Waals surface area (Å²) in [6.07, 6.45) is 0. The normalized spacial score (nSPS) is 15.0. The highest BCUT2D eigenvalue weighted by atomic mass is 16.5. The van der Waals surface area contributed by atoms with Gasteiger partial charge in [0.1, 0.15) is 5.69 Å². The molecule has 3 rings (SSSR count). The van der Waals surface area contributed by atoms with Crippen LogP contribution in [0.4, 0.5) is 0 Å². The lowest BCUT2D eigenvalue weighted by atomic mass is 10.2. The minimum absolute atomic E-state index is 0.228. The Morgan fingerprint density at radius 2 is 1.88 bits per heavy atom. The molecule has 1 amide bonds. The number of ether oxygens (including phenoxy) is 1. The van der Waals surface area contributed by atoms with Crippen LogP contribution in [-0.4, -0.2) is 60.0 Å². The van der Waals surface area contributed by atoms with E-state index in [-0.39, 0.29) is 17.2 Å². The molecule has 0 atom stereocenters. The molecule has 132 valence electrons. The first-order valence-corrected chi connectivity index (χ1v) is 8.43. The van der Waals surface area contributed by atoms with Crippen molar-refractivity contribution in [3.8, 4) is 0 Å². The van der Waals surface area contributed by atoms with Crippen molar-refractivity contribution in [2.24, 2.45) is 0 Å². The van der Waals surface area contributed by atoms with Gasteiger partial charge in [-0.3, -0.25) is 14.5 Å². The molecule has 25 heavy (non-hydrogen) atoms. The second kappa shape index (κ2) is 8.55. The molecule has 1 saturated heterocycles. The summed E-state index contributed by atoms with van der Waals surface area (Å²) in [4.78, 5) is 26.5. The number of amides is 1. The lowest BCUT2D eigenvalue weighted by Gasteiger charge is -2.26. The fraction of sp³-hybridized carbons (Fsp3) is 0.389. The van der Waals surface area contributed by atoms with Crippen molar-refractivity contribution in [2.45, 2.75) is 6.54 Å². The van der Waals surface area contributed by atoms with Gasteiger partial charge < -0.3 is 10.1 Å². The number of nitrogens with zero attached hydrogens (tertiary/aromatic N) is 3. The van der Waals surface area contributed by atoms with E-state index in [1.807, 2.05) is 30.3 Å². The molecule has 2 aromatic rings. The lowest BCUT2D eigenvalue weighted by Crippen LogP contribution is -2.41. The van der Waals surface area contributed by atoms with Crippen LogP contribution in [0.2, 0.25) is 0 Å². The minimum Gasteiger partial charge on any atom is -0.379 e. The molecule has 7 heteroatoms. The van der Waals surface area contributed by atoms with Crippen LogP contribution in [0.1, 0.15) is 16.1 Å². The predicted octanol–water partition coefficient (Wildman–Crippen LogP) is 0.354. The van der Waals surface area contributed by atoms with E-state index >= 15 is 0 Å². The minimum atomic E-state index is -0.268. The number of carbonyl (C=O) groups is 1. The molecule has 0 spiro atoms. The number of benzene rings is 1. The standard InChI is InChI=1S/C18H22N4O3/c23-17-7-6-16(20-22(17)14-15-4-2-1-3-5-15)18(24)19-8-9-21-10-12-25-13-11-21/h1-7H,8-14H2,(H,19,24). The van der Waals surface area contributed by atoms with Gasteiger partial charge in [-0.25, -0.2) is 4.68 Å².